The van der Waals surface area contributed by atoms with Gasteiger partial charge in [-0.1, -0.05) is 41.5 Å². The van der Waals surface area contributed by atoms with Crippen molar-refractivity contribution in [1.29, 1.82) is 0 Å². The fraction of sp³-hybridized carbons (Fsp3) is 1.00. The quantitative estimate of drug-likeness (QED) is 0.651. The zero-order chi connectivity index (χ0) is 13.5. The Bertz CT molecular complexity index is 167. The maximum absolute atomic E-state index is 5.93. The molecule has 0 aromatic carbocycles. The molecule has 0 aliphatic rings. The summed E-state index contributed by atoms with van der Waals surface area (Å²) in [5.41, 5.74) is 6.23. The zero-order valence-electron chi connectivity index (χ0n) is 12.8. The Labute approximate surface area is 109 Å². The lowest BCUT2D eigenvalue weighted by atomic mass is 9.81. The molecule has 0 radical (unpaired) electrons. The second-order valence-electron chi connectivity index (χ2n) is 6.19. The van der Waals surface area contributed by atoms with Crippen LogP contribution in [0.3, 0.4) is 0 Å². The highest BCUT2D eigenvalue weighted by atomic mass is 14.9. The monoisotopic (exact) mass is 242 g/mol. The third-order valence-electron chi connectivity index (χ3n) is 4.53. The van der Waals surface area contributed by atoms with Crippen LogP contribution in [0.15, 0.2) is 0 Å². The van der Waals surface area contributed by atoms with Gasteiger partial charge in [-0.15, -0.1) is 0 Å². The van der Waals surface area contributed by atoms with E-state index in [1.807, 2.05) is 0 Å². The number of hydrogen-bond acceptors (Lipinski definition) is 2. The van der Waals surface area contributed by atoms with Gasteiger partial charge in [-0.05, 0) is 49.1 Å². The summed E-state index contributed by atoms with van der Waals surface area (Å²) in [6.45, 7) is 16.8. The third-order valence-corrected chi connectivity index (χ3v) is 4.53. The Kier molecular flexibility index (Phi) is 8.06. The van der Waals surface area contributed by atoms with E-state index in [0.717, 1.165) is 37.4 Å². The van der Waals surface area contributed by atoms with Crippen LogP contribution in [-0.4, -0.2) is 19.6 Å². The van der Waals surface area contributed by atoms with Crippen LogP contribution in [0.2, 0.25) is 0 Å². The van der Waals surface area contributed by atoms with E-state index in [-0.39, 0.29) is 0 Å². The van der Waals surface area contributed by atoms with Crippen molar-refractivity contribution in [1.82, 2.24) is 5.32 Å². The van der Waals surface area contributed by atoms with Crippen molar-refractivity contribution in [2.45, 2.75) is 54.4 Å². The van der Waals surface area contributed by atoms with E-state index in [2.05, 4.69) is 46.9 Å². The van der Waals surface area contributed by atoms with E-state index >= 15 is 0 Å². The number of nitrogens with one attached hydrogen (secondary N) is 1. The molecule has 0 saturated heterocycles. The Balaban J connectivity index is 4.19. The lowest BCUT2D eigenvalue weighted by molar-refractivity contribution is 0.225. The van der Waals surface area contributed by atoms with Gasteiger partial charge in [-0.3, -0.25) is 0 Å². The zero-order valence-corrected chi connectivity index (χ0v) is 12.8. The Morgan fingerprint density at radius 1 is 1.00 bits per heavy atom. The molecule has 0 aliphatic heterocycles. The maximum Gasteiger partial charge on any atom is 0.00198 e. The number of hydrogen-bond donors (Lipinski definition) is 2. The molecule has 2 nitrogen and oxygen atoms in total. The van der Waals surface area contributed by atoms with Gasteiger partial charge in [0, 0.05) is 6.54 Å². The molecule has 0 amide bonds. The van der Waals surface area contributed by atoms with Crippen molar-refractivity contribution in [3.8, 4) is 0 Å². The molecule has 0 aliphatic carbocycles. The van der Waals surface area contributed by atoms with E-state index in [1.165, 1.54) is 12.8 Å². The molecule has 0 aromatic heterocycles. The van der Waals surface area contributed by atoms with Crippen LogP contribution in [0, 0.1) is 23.2 Å². The molecule has 0 rings (SSSR count). The van der Waals surface area contributed by atoms with E-state index in [0.29, 0.717) is 5.41 Å². The molecular weight excluding hydrogens is 208 g/mol. The molecule has 0 saturated carbocycles. The van der Waals surface area contributed by atoms with E-state index < -0.39 is 0 Å². The highest BCUT2D eigenvalue weighted by Gasteiger charge is 2.25. The standard InChI is InChI=1S/C15H34N2/c1-7-15(8-2,10-16)11-17-9-14(12(3)4)13(5)6/h12-14,17H,7-11,16H2,1-6H3. The number of nitrogens with two attached hydrogens (primary N) is 1. The highest BCUT2D eigenvalue weighted by Crippen LogP contribution is 2.24. The summed E-state index contributed by atoms with van der Waals surface area (Å²) in [4.78, 5) is 0. The second kappa shape index (κ2) is 8.10. The summed E-state index contributed by atoms with van der Waals surface area (Å²) in [5, 5.41) is 3.66. The van der Waals surface area contributed by atoms with Gasteiger partial charge in [0.05, 0.1) is 0 Å². The van der Waals surface area contributed by atoms with Crippen molar-refractivity contribution in [2.75, 3.05) is 19.6 Å². The Morgan fingerprint density at radius 2 is 1.47 bits per heavy atom. The first-order chi connectivity index (χ1) is 7.92. The number of rotatable bonds is 9. The molecule has 2 heteroatoms. The summed E-state index contributed by atoms with van der Waals surface area (Å²) in [6.07, 6.45) is 2.34. The maximum atomic E-state index is 5.93. The highest BCUT2D eigenvalue weighted by molar-refractivity contribution is 4.81. The molecule has 0 fully saturated rings. The third kappa shape index (κ3) is 5.39. The van der Waals surface area contributed by atoms with Crippen molar-refractivity contribution in [3.63, 3.8) is 0 Å². The SMILES string of the molecule is CCC(CC)(CN)CNCC(C(C)C)C(C)C. The lowest BCUT2D eigenvalue weighted by Crippen LogP contribution is -2.42. The first-order valence-electron chi connectivity index (χ1n) is 7.33. The summed E-state index contributed by atoms with van der Waals surface area (Å²) in [5.74, 6) is 2.26. The fourth-order valence-electron chi connectivity index (χ4n) is 2.61. The van der Waals surface area contributed by atoms with Crippen molar-refractivity contribution < 1.29 is 0 Å². The van der Waals surface area contributed by atoms with E-state index in [9.17, 15) is 0 Å². The van der Waals surface area contributed by atoms with Crippen molar-refractivity contribution >= 4 is 0 Å². The van der Waals surface area contributed by atoms with Gasteiger partial charge in [0.1, 0.15) is 0 Å². The van der Waals surface area contributed by atoms with Crippen molar-refractivity contribution in [2.24, 2.45) is 28.9 Å². The van der Waals surface area contributed by atoms with Gasteiger partial charge in [0.15, 0.2) is 0 Å². The topological polar surface area (TPSA) is 38.0 Å². The molecular formula is C15H34N2. The van der Waals surface area contributed by atoms with Crippen LogP contribution in [0.4, 0.5) is 0 Å². The first kappa shape index (κ1) is 16.9. The van der Waals surface area contributed by atoms with Crippen molar-refractivity contribution in [3.05, 3.63) is 0 Å². The summed E-state index contributed by atoms with van der Waals surface area (Å²) < 4.78 is 0. The molecule has 0 unspecified atom stereocenters. The van der Waals surface area contributed by atoms with Gasteiger partial charge in [-0.2, -0.15) is 0 Å². The van der Waals surface area contributed by atoms with Gasteiger partial charge in [0.2, 0.25) is 0 Å². The van der Waals surface area contributed by atoms with Crippen LogP contribution in [0.5, 0.6) is 0 Å². The smallest absolute Gasteiger partial charge is 0.00198 e. The normalized spacial score (nSPS) is 13.1. The summed E-state index contributed by atoms with van der Waals surface area (Å²) in [6, 6.07) is 0. The summed E-state index contributed by atoms with van der Waals surface area (Å²) in [7, 11) is 0. The molecule has 17 heavy (non-hydrogen) atoms. The molecule has 0 spiro atoms. The molecule has 104 valence electrons. The largest absolute Gasteiger partial charge is 0.330 e. The average molecular weight is 242 g/mol. The fourth-order valence-corrected chi connectivity index (χ4v) is 2.61. The molecule has 0 aromatic rings. The van der Waals surface area contributed by atoms with Crippen LogP contribution >= 0.6 is 0 Å². The lowest BCUT2D eigenvalue weighted by Gasteiger charge is -2.32. The molecule has 0 atom stereocenters. The van der Waals surface area contributed by atoms with E-state index in [4.69, 9.17) is 5.73 Å². The van der Waals surface area contributed by atoms with Crippen LogP contribution in [-0.2, 0) is 0 Å². The Morgan fingerprint density at radius 3 is 1.76 bits per heavy atom. The predicted octanol–water partition coefficient (Wildman–Crippen LogP) is 3.27. The van der Waals surface area contributed by atoms with E-state index in [1.54, 1.807) is 0 Å². The second-order valence-corrected chi connectivity index (χ2v) is 6.19. The molecule has 3 N–H and O–H groups in total. The van der Waals surface area contributed by atoms with Crippen LogP contribution in [0.25, 0.3) is 0 Å². The summed E-state index contributed by atoms with van der Waals surface area (Å²) >= 11 is 0. The predicted molar refractivity (Wildman–Crippen MR) is 78.1 cm³/mol. The first-order valence-corrected chi connectivity index (χ1v) is 7.33. The van der Waals surface area contributed by atoms with Crippen LogP contribution in [0.1, 0.15) is 54.4 Å². The van der Waals surface area contributed by atoms with Crippen LogP contribution < -0.4 is 11.1 Å². The van der Waals surface area contributed by atoms with Gasteiger partial charge in [-0.25, -0.2) is 0 Å². The molecule has 0 heterocycles. The average Bonchev–Trinajstić information content (AvgIpc) is 2.29. The minimum Gasteiger partial charge on any atom is -0.330 e. The van der Waals surface area contributed by atoms with Gasteiger partial charge < -0.3 is 11.1 Å². The van der Waals surface area contributed by atoms with Gasteiger partial charge in [0.25, 0.3) is 0 Å². The Hall–Kier alpha value is -0.0800. The minimum absolute atomic E-state index is 0.304. The molecule has 0 bridgehead atoms. The van der Waals surface area contributed by atoms with Gasteiger partial charge >= 0.3 is 0 Å². The minimum atomic E-state index is 0.304.